The number of hydrogen-bond donors (Lipinski definition) is 1. The highest BCUT2D eigenvalue weighted by Gasteiger charge is 2.55. The Morgan fingerprint density at radius 3 is 2.49 bits per heavy atom. The molecule has 35 heavy (non-hydrogen) atoms. The zero-order chi connectivity index (χ0) is 24.5. The number of aromatic hydroxyl groups is 1. The first-order valence-corrected chi connectivity index (χ1v) is 11.7. The average molecular weight is 485 g/mol. The van der Waals surface area contributed by atoms with Gasteiger partial charge in [-0.3, -0.25) is 9.48 Å². The van der Waals surface area contributed by atoms with Crippen LogP contribution in [0.2, 0.25) is 0 Å². The Balaban J connectivity index is 1.23. The third-order valence-corrected chi connectivity index (χ3v) is 7.53. The minimum atomic E-state index is -4.47. The number of carbonyl (C=O) groups is 1. The summed E-state index contributed by atoms with van der Waals surface area (Å²) in [6, 6.07) is 8.97. The molecule has 1 aliphatic heterocycles. The fraction of sp³-hybridized carbons (Fsp3) is 0.385. The van der Waals surface area contributed by atoms with E-state index in [1.165, 1.54) is 18.2 Å². The van der Waals surface area contributed by atoms with Crippen molar-refractivity contribution in [1.29, 1.82) is 0 Å². The Bertz CT molecular complexity index is 1310. The minimum Gasteiger partial charge on any atom is -0.508 e. The van der Waals surface area contributed by atoms with E-state index in [2.05, 4.69) is 5.10 Å². The number of halogens is 4. The molecule has 9 heteroatoms. The van der Waals surface area contributed by atoms with E-state index in [4.69, 9.17) is 0 Å². The van der Waals surface area contributed by atoms with Crippen molar-refractivity contribution in [2.75, 3.05) is 13.1 Å². The second-order valence-electron chi connectivity index (χ2n) is 10.1. The zero-order valence-corrected chi connectivity index (χ0v) is 18.7. The molecule has 182 valence electrons. The first-order chi connectivity index (χ1) is 16.7. The number of phenols is 1. The van der Waals surface area contributed by atoms with E-state index in [9.17, 15) is 27.5 Å². The lowest BCUT2D eigenvalue weighted by molar-refractivity contribution is -0.137. The molecule has 1 aromatic heterocycles. The van der Waals surface area contributed by atoms with Gasteiger partial charge < -0.3 is 10.0 Å². The van der Waals surface area contributed by atoms with Crippen LogP contribution < -0.4 is 0 Å². The quantitative estimate of drug-likeness (QED) is 0.478. The van der Waals surface area contributed by atoms with E-state index in [0.29, 0.717) is 31.6 Å². The number of hydrogen-bond acceptors (Lipinski definition) is 3. The number of likely N-dealkylation sites (tertiary alicyclic amines) is 1. The number of benzene rings is 2. The summed E-state index contributed by atoms with van der Waals surface area (Å²) in [5, 5.41) is 14.1. The molecular weight excluding hydrogens is 462 g/mol. The number of nitrogens with zero attached hydrogens (tertiary/aromatic N) is 3. The first-order valence-electron chi connectivity index (χ1n) is 11.7. The molecule has 3 fully saturated rings. The summed E-state index contributed by atoms with van der Waals surface area (Å²) in [6.45, 7) is 0.894. The van der Waals surface area contributed by atoms with Gasteiger partial charge in [0.2, 0.25) is 0 Å². The van der Waals surface area contributed by atoms with Crippen LogP contribution in [0.15, 0.2) is 48.7 Å². The summed E-state index contributed by atoms with van der Waals surface area (Å²) < 4.78 is 57.2. The highest BCUT2D eigenvalue weighted by Crippen LogP contribution is 2.56. The molecule has 0 bridgehead atoms. The van der Waals surface area contributed by atoms with Crippen molar-refractivity contribution in [3.63, 3.8) is 0 Å². The van der Waals surface area contributed by atoms with Crippen molar-refractivity contribution in [2.24, 2.45) is 5.41 Å². The van der Waals surface area contributed by atoms with E-state index < -0.39 is 23.5 Å². The van der Waals surface area contributed by atoms with Crippen molar-refractivity contribution in [3.8, 4) is 17.0 Å². The van der Waals surface area contributed by atoms with Gasteiger partial charge in [-0.15, -0.1) is 0 Å². The summed E-state index contributed by atoms with van der Waals surface area (Å²) in [5.41, 5.74) is 0.612. The van der Waals surface area contributed by atoms with Gasteiger partial charge in [0.25, 0.3) is 5.91 Å². The Morgan fingerprint density at radius 1 is 1.09 bits per heavy atom. The van der Waals surface area contributed by atoms with Crippen LogP contribution in [0, 0.1) is 11.2 Å². The molecule has 3 aromatic rings. The van der Waals surface area contributed by atoms with Crippen molar-refractivity contribution < 1.29 is 27.5 Å². The van der Waals surface area contributed by atoms with E-state index in [1.807, 2.05) is 0 Å². The van der Waals surface area contributed by atoms with E-state index in [0.717, 1.165) is 36.6 Å². The molecule has 1 spiro atoms. The summed E-state index contributed by atoms with van der Waals surface area (Å²) in [4.78, 5) is 14.2. The lowest BCUT2D eigenvalue weighted by atomic mass is 9.60. The standard InChI is InChI=1S/C26H23F4N3O2/c27-22-8-7-17(34)9-19(22)24(35)32-13-25(14-32)10-16(11-25)33-23(20(12-31-33)15-5-6-15)18-3-1-2-4-21(18)26(28,29)30/h1-4,7-9,12,15-16,34H,5-6,10-11,13-14H2. The average Bonchev–Trinajstić information content (AvgIpc) is 3.52. The van der Waals surface area contributed by atoms with Gasteiger partial charge >= 0.3 is 6.18 Å². The van der Waals surface area contributed by atoms with Crippen LogP contribution in [-0.4, -0.2) is 38.8 Å². The molecule has 2 saturated carbocycles. The zero-order valence-electron chi connectivity index (χ0n) is 18.7. The molecule has 0 radical (unpaired) electrons. The highest BCUT2D eigenvalue weighted by molar-refractivity contribution is 5.95. The molecule has 5 nitrogen and oxygen atoms in total. The second-order valence-corrected chi connectivity index (χ2v) is 10.1. The van der Waals surface area contributed by atoms with Crippen LogP contribution >= 0.6 is 0 Å². The molecule has 1 saturated heterocycles. The second kappa shape index (κ2) is 7.57. The molecule has 2 heterocycles. The topological polar surface area (TPSA) is 58.4 Å². The van der Waals surface area contributed by atoms with Crippen LogP contribution in [-0.2, 0) is 6.18 Å². The monoisotopic (exact) mass is 485 g/mol. The maximum absolute atomic E-state index is 14.1. The molecule has 1 N–H and O–H groups in total. The predicted molar refractivity (Wildman–Crippen MR) is 119 cm³/mol. The van der Waals surface area contributed by atoms with Gasteiger partial charge in [-0.25, -0.2) is 4.39 Å². The Morgan fingerprint density at radius 2 is 1.80 bits per heavy atom. The van der Waals surface area contributed by atoms with E-state index >= 15 is 0 Å². The predicted octanol–water partition coefficient (Wildman–Crippen LogP) is 5.77. The molecule has 1 amide bonds. The Hall–Kier alpha value is -3.36. The van der Waals surface area contributed by atoms with Crippen LogP contribution in [0.1, 0.15) is 59.1 Å². The lowest BCUT2D eigenvalue weighted by Gasteiger charge is -2.59. The van der Waals surface area contributed by atoms with Crippen molar-refractivity contribution in [2.45, 2.75) is 43.8 Å². The van der Waals surface area contributed by atoms with Crippen molar-refractivity contribution in [1.82, 2.24) is 14.7 Å². The summed E-state index contributed by atoms with van der Waals surface area (Å²) >= 11 is 0. The van der Waals surface area contributed by atoms with Gasteiger partial charge in [0.1, 0.15) is 11.6 Å². The molecule has 2 aromatic carbocycles. The van der Waals surface area contributed by atoms with E-state index in [1.54, 1.807) is 21.8 Å². The maximum atomic E-state index is 14.1. The fourth-order valence-corrected chi connectivity index (χ4v) is 5.69. The molecular formula is C26H23F4N3O2. The van der Waals surface area contributed by atoms with Gasteiger partial charge in [-0.05, 0) is 55.9 Å². The normalized spacial score (nSPS) is 19.5. The largest absolute Gasteiger partial charge is 0.508 e. The maximum Gasteiger partial charge on any atom is 0.417 e. The van der Waals surface area contributed by atoms with Crippen molar-refractivity contribution >= 4 is 5.91 Å². The SMILES string of the molecule is O=C(c1cc(O)ccc1F)N1CC2(CC(n3ncc(C4CC4)c3-c3ccccc3C(F)(F)F)C2)C1. The van der Waals surface area contributed by atoms with Crippen LogP contribution in [0.25, 0.3) is 11.3 Å². The molecule has 3 aliphatic rings. The molecule has 0 unspecified atom stereocenters. The number of carbonyl (C=O) groups excluding carboxylic acids is 1. The van der Waals surface area contributed by atoms with Crippen LogP contribution in [0.4, 0.5) is 17.6 Å². The van der Waals surface area contributed by atoms with Crippen molar-refractivity contribution in [3.05, 3.63) is 71.2 Å². The number of phenolic OH excluding ortho intramolecular Hbond substituents is 1. The smallest absolute Gasteiger partial charge is 0.417 e. The summed E-state index contributed by atoms with van der Waals surface area (Å²) in [5.74, 6) is -1.09. The van der Waals surface area contributed by atoms with Gasteiger partial charge in [0.05, 0.1) is 29.1 Å². The highest BCUT2D eigenvalue weighted by atomic mass is 19.4. The fourth-order valence-electron chi connectivity index (χ4n) is 5.69. The number of aromatic nitrogens is 2. The number of rotatable bonds is 4. The molecule has 2 aliphatic carbocycles. The van der Waals surface area contributed by atoms with E-state index in [-0.39, 0.29) is 34.3 Å². The third kappa shape index (κ3) is 3.68. The Kier molecular flexibility index (Phi) is 4.78. The molecule has 0 atom stereocenters. The summed E-state index contributed by atoms with van der Waals surface area (Å²) in [6.07, 6.45) is 0.516. The lowest BCUT2D eigenvalue weighted by Crippen LogP contribution is -2.64. The number of amides is 1. The van der Waals surface area contributed by atoms with Gasteiger partial charge in [0.15, 0.2) is 0 Å². The van der Waals surface area contributed by atoms with Gasteiger partial charge in [-0.1, -0.05) is 18.2 Å². The summed E-state index contributed by atoms with van der Waals surface area (Å²) in [7, 11) is 0. The number of alkyl halides is 3. The van der Waals surface area contributed by atoms with Gasteiger partial charge in [-0.2, -0.15) is 18.3 Å². The molecule has 6 rings (SSSR count). The minimum absolute atomic E-state index is 0.0615. The van der Waals surface area contributed by atoms with Gasteiger partial charge in [0, 0.05) is 29.6 Å². The first kappa shape index (κ1) is 22.1. The van der Waals surface area contributed by atoms with Crippen LogP contribution in [0.5, 0.6) is 5.75 Å². The third-order valence-electron chi connectivity index (χ3n) is 7.53. The Labute approximate surface area is 199 Å². The van der Waals surface area contributed by atoms with Crippen LogP contribution in [0.3, 0.4) is 0 Å².